The highest BCUT2D eigenvalue weighted by atomic mass is 35.5. The molecule has 3 aromatic heterocycles. The largest absolute Gasteiger partial charge is 0.493 e. The van der Waals surface area contributed by atoms with Crippen molar-refractivity contribution in [3.63, 3.8) is 0 Å². The van der Waals surface area contributed by atoms with Crippen LogP contribution in [0.15, 0.2) is 52.3 Å². The fraction of sp³-hybridized carbons (Fsp3) is 0.150. The van der Waals surface area contributed by atoms with E-state index in [0.29, 0.717) is 4.68 Å². The first-order chi connectivity index (χ1) is 15.0. The standard InChI is InChI=1S/C20H15ClF4N4O2S/c1-5-6-12(21)14(10(4)22)16-15(19-27-13(30)8-32-19)17(31-28-16)11-7-26-29(9(2)3)18(11)20(23,24)25/h5-8,30H,1-2H2,3-4H3/b12-6+,14-10-. The van der Waals surface area contributed by atoms with E-state index in [0.717, 1.165) is 24.5 Å². The van der Waals surface area contributed by atoms with Gasteiger partial charge in [0.05, 0.1) is 33.3 Å². The minimum atomic E-state index is -4.84. The number of halogens is 5. The van der Waals surface area contributed by atoms with Crippen LogP contribution in [-0.4, -0.2) is 25.0 Å². The molecular weight excluding hydrogens is 472 g/mol. The molecule has 0 radical (unpaired) electrons. The van der Waals surface area contributed by atoms with Gasteiger partial charge in [0.15, 0.2) is 11.5 Å². The van der Waals surface area contributed by atoms with E-state index >= 15 is 0 Å². The molecule has 168 valence electrons. The number of allylic oxidation sites excluding steroid dienone is 6. The summed E-state index contributed by atoms with van der Waals surface area (Å²) >= 11 is 7.08. The van der Waals surface area contributed by atoms with Gasteiger partial charge in [-0.2, -0.15) is 18.3 Å². The van der Waals surface area contributed by atoms with E-state index in [4.69, 9.17) is 16.1 Å². The summed E-state index contributed by atoms with van der Waals surface area (Å²) in [6, 6.07) is 0. The Balaban J connectivity index is 2.41. The summed E-state index contributed by atoms with van der Waals surface area (Å²) in [4.78, 5) is 3.90. The molecule has 12 heteroatoms. The zero-order chi connectivity index (χ0) is 23.8. The van der Waals surface area contributed by atoms with Crippen LogP contribution >= 0.6 is 22.9 Å². The van der Waals surface area contributed by atoms with E-state index in [1.165, 1.54) is 24.5 Å². The highest BCUT2D eigenvalue weighted by Gasteiger charge is 2.41. The smallest absolute Gasteiger partial charge is 0.434 e. The monoisotopic (exact) mass is 486 g/mol. The fourth-order valence-electron chi connectivity index (χ4n) is 2.93. The molecule has 0 bridgehead atoms. The molecule has 0 unspecified atom stereocenters. The Hall–Kier alpha value is -3.18. The summed E-state index contributed by atoms with van der Waals surface area (Å²) in [5.41, 5.74) is -2.15. The van der Waals surface area contributed by atoms with Gasteiger partial charge >= 0.3 is 6.18 Å². The SMILES string of the molecule is C=C/C=C(Cl)\C(=C(/C)F)c1noc(-c2cnn(C(=C)C)c2C(F)(F)F)c1-c1nc(O)cs1. The average Bonchev–Trinajstić information content (AvgIpc) is 3.38. The Morgan fingerprint density at radius 1 is 1.34 bits per heavy atom. The lowest BCUT2D eigenvalue weighted by atomic mass is 10.0. The van der Waals surface area contributed by atoms with Crippen molar-refractivity contribution in [2.45, 2.75) is 20.0 Å². The Morgan fingerprint density at radius 3 is 2.53 bits per heavy atom. The molecule has 0 amide bonds. The first-order valence-corrected chi connectivity index (χ1v) is 10.0. The molecule has 3 heterocycles. The minimum absolute atomic E-state index is 0.00825. The first-order valence-electron chi connectivity index (χ1n) is 8.78. The molecule has 0 fully saturated rings. The maximum Gasteiger partial charge on any atom is 0.434 e. The molecule has 0 spiro atoms. The van der Waals surface area contributed by atoms with E-state index in [1.54, 1.807) is 0 Å². The Labute approximate surface area is 188 Å². The second-order valence-corrected chi connectivity index (χ2v) is 7.72. The van der Waals surface area contributed by atoms with Gasteiger partial charge in [-0.25, -0.2) is 14.1 Å². The summed E-state index contributed by atoms with van der Waals surface area (Å²) < 4.78 is 62.1. The van der Waals surface area contributed by atoms with E-state index in [1.807, 2.05) is 0 Å². The molecule has 32 heavy (non-hydrogen) atoms. The topological polar surface area (TPSA) is 77.0 Å². The van der Waals surface area contributed by atoms with Gasteiger partial charge in [-0.1, -0.05) is 36.0 Å². The summed E-state index contributed by atoms with van der Waals surface area (Å²) in [6.45, 7) is 9.46. The van der Waals surface area contributed by atoms with Crippen LogP contribution in [0.25, 0.3) is 33.2 Å². The van der Waals surface area contributed by atoms with Crippen LogP contribution in [0.1, 0.15) is 25.2 Å². The number of alkyl halides is 3. The number of nitrogens with zero attached hydrogens (tertiary/aromatic N) is 4. The lowest BCUT2D eigenvalue weighted by molar-refractivity contribution is -0.142. The highest BCUT2D eigenvalue weighted by Crippen LogP contribution is 2.46. The van der Waals surface area contributed by atoms with E-state index in [-0.39, 0.29) is 44.2 Å². The van der Waals surface area contributed by atoms with Gasteiger partial charge in [0.2, 0.25) is 5.88 Å². The summed E-state index contributed by atoms with van der Waals surface area (Å²) in [5, 5.41) is 18.4. The van der Waals surface area contributed by atoms with E-state index in [9.17, 15) is 22.7 Å². The van der Waals surface area contributed by atoms with Crippen molar-refractivity contribution >= 4 is 34.2 Å². The molecule has 0 aromatic carbocycles. The molecule has 3 rings (SSSR count). The number of hydrogen-bond donors (Lipinski definition) is 1. The number of thiazole rings is 1. The zero-order valence-electron chi connectivity index (χ0n) is 16.7. The summed E-state index contributed by atoms with van der Waals surface area (Å²) in [6.07, 6.45) is -1.31. The van der Waals surface area contributed by atoms with Crippen LogP contribution in [0.5, 0.6) is 5.88 Å². The molecule has 3 aromatic rings. The molecule has 0 saturated carbocycles. The summed E-state index contributed by atoms with van der Waals surface area (Å²) in [7, 11) is 0. The Morgan fingerprint density at radius 2 is 2.03 bits per heavy atom. The molecule has 0 aliphatic rings. The van der Waals surface area contributed by atoms with Crippen molar-refractivity contribution in [2.24, 2.45) is 0 Å². The van der Waals surface area contributed by atoms with Crippen LogP contribution in [0.4, 0.5) is 17.6 Å². The van der Waals surface area contributed by atoms with Gasteiger partial charge in [-0.05, 0) is 19.9 Å². The number of hydrogen-bond acceptors (Lipinski definition) is 6. The van der Waals surface area contributed by atoms with Crippen molar-refractivity contribution in [2.75, 3.05) is 0 Å². The summed E-state index contributed by atoms with van der Waals surface area (Å²) in [5.74, 6) is -1.54. The molecule has 0 atom stereocenters. The second-order valence-electron chi connectivity index (χ2n) is 6.46. The number of aromatic hydroxyl groups is 1. The van der Waals surface area contributed by atoms with E-state index < -0.39 is 23.3 Å². The van der Waals surface area contributed by atoms with Gasteiger partial charge in [0.25, 0.3) is 0 Å². The molecule has 0 aliphatic carbocycles. The minimum Gasteiger partial charge on any atom is -0.493 e. The van der Waals surface area contributed by atoms with Gasteiger partial charge in [-0.15, -0.1) is 11.3 Å². The first kappa shape index (κ1) is 23.5. The highest BCUT2D eigenvalue weighted by molar-refractivity contribution is 7.13. The average molecular weight is 487 g/mol. The zero-order valence-corrected chi connectivity index (χ0v) is 18.2. The quantitative estimate of drug-likeness (QED) is 0.303. The van der Waals surface area contributed by atoms with Gasteiger partial charge in [0, 0.05) is 5.70 Å². The Bertz CT molecular complexity index is 1260. The molecule has 1 N–H and O–H groups in total. The lowest BCUT2D eigenvalue weighted by Gasteiger charge is -2.12. The van der Waals surface area contributed by atoms with Gasteiger partial charge in [-0.3, -0.25) is 0 Å². The van der Waals surface area contributed by atoms with Gasteiger partial charge < -0.3 is 9.63 Å². The molecule has 0 saturated heterocycles. The maximum atomic E-state index is 14.5. The number of aromatic nitrogens is 4. The third-order valence-corrected chi connectivity index (χ3v) is 5.29. The van der Waals surface area contributed by atoms with E-state index in [2.05, 4.69) is 28.4 Å². The van der Waals surface area contributed by atoms with Crippen LogP contribution in [0.3, 0.4) is 0 Å². The molecular formula is C20H15ClF4N4O2S. The van der Waals surface area contributed by atoms with Crippen molar-refractivity contribution in [1.29, 1.82) is 0 Å². The van der Waals surface area contributed by atoms with Crippen molar-refractivity contribution in [1.82, 2.24) is 19.9 Å². The predicted octanol–water partition coefficient (Wildman–Crippen LogP) is 6.89. The third kappa shape index (κ3) is 4.26. The lowest BCUT2D eigenvalue weighted by Crippen LogP contribution is -2.14. The van der Waals surface area contributed by atoms with Crippen molar-refractivity contribution in [3.8, 4) is 27.8 Å². The maximum absolute atomic E-state index is 14.5. The van der Waals surface area contributed by atoms with Crippen LogP contribution in [0, 0.1) is 0 Å². The molecule has 6 nitrogen and oxygen atoms in total. The van der Waals surface area contributed by atoms with Crippen LogP contribution in [0.2, 0.25) is 0 Å². The van der Waals surface area contributed by atoms with Crippen LogP contribution < -0.4 is 0 Å². The number of rotatable bonds is 6. The predicted molar refractivity (Wildman–Crippen MR) is 114 cm³/mol. The normalized spacial score (nSPS) is 13.3. The third-order valence-electron chi connectivity index (χ3n) is 4.13. The fourth-order valence-corrected chi connectivity index (χ4v) is 3.96. The second kappa shape index (κ2) is 8.75. The van der Waals surface area contributed by atoms with Crippen molar-refractivity contribution in [3.05, 3.63) is 59.1 Å². The molecule has 0 aliphatic heterocycles. The van der Waals surface area contributed by atoms with Gasteiger partial charge in [0.1, 0.15) is 16.5 Å². The van der Waals surface area contributed by atoms with Crippen molar-refractivity contribution < 1.29 is 27.2 Å². The Kier molecular flexibility index (Phi) is 6.42. The van der Waals surface area contributed by atoms with Crippen LogP contribution in [-0.2, 0) is 6.18 Å².